The Hall–Kier alpha value is -0.120. The van der Waals surface area contributed by atoms with Crippen LogP contribution in [0.15, 0.2) is 0 Å². The normalized spacial score (nSPS) is 33.4. The molecule has 2 aliphatic heterocycles. The molecular weight excluding hydrogens is 210 g/mol. The molecule has 0 bridgehead atoms. The van der Waals surface area contributed by atoms with E-state index < -0.39 is 0 Å². The second-order valence-corrected chi connectivity index (χ2v) is 6.28. The van der Waals surface area contributed by atoms with Gasteiger partial charge in [0.15, 0.2) is 0 Å². The number of nitrogens with two attached hydrogens (primary N) is 1. The fourth-order valence-corrected chi connectivity index (χ4v) is 3.51. The summed E-state index contributed by atoms with van der Waals surface area (Å²) in [5.41, 5.74) is 6.18. The molecule has 2 saturated heterocycles. The second-order valence-electron chi connectivity index (χ2n) is 6.28. The molecule has 3 aliphatic rings. The SMILES string of the molecule is NC(CCN1CCC(N2CCCC2)C1)C1CC1. The van der Waals surface area contributed by atoms with E-state index in [4.69, 9.17) is 5.73 Å². The topological polar surface area (TPSA) is 32.5 Å². The highest BCUT2D eigenvalue weighted by Crippen LogP contribution is 2.33. The molecule has 0 spiro atoms. The molecule has 0 radical (unpaired) electrons. The summed E-state index contributed by atoms with van der Waals surface area (Å²) in [6, 6.07) is 1.34. The highest BCUT2D eigenvalue weighted by atomic mass is 15.3. The van der Waals surface area contributed by atoms with Gasteiger partial charge in [-0.1, -0.05) is 0 Å². The summed E-state index contributed by atoms with van der Waals surface area (Å²) in [6.07, 6.45) is 8.22. The van der Waals surface area contributed by atoms with Crippen molar-refractivity contribution >= 4 is 0 Å². The monoisotopic (exact) mass is 237 g/mol. The van der Waals surface area contributed by atoms with Crippen LogP contribution in [0.4, 0.5) is 0 Å². The van der Waals surface area contributed by atoms with E-state index in [2.05, 4.69) is 9.80 Å². The van der Waals surface area contributed by atoms with Gasteiger partial charge in [0.1, 0.15) is 0 Å². The van der Waals surface area contributed by atoms with Gasteiger partial charge in [0.25, 0.3) is 0 Å². The number of likely N-dealkylation sites (tertiary alicyclic amines) is 2. The number of hydrogen-bond acceptors (Lipinski definition) is 3. The zero-order valence-corrected chi connectivity index (χ0v) is 11.0. The zero-order valence-electron chi connectivity index (χ0n) is 11.0. The van der Waals surface area contributed by atoms with Gasteiger partial charge in [-0.15, -0.1) is 0 Å². The second kappa shape index (κ2) is 5.25. The van der Waals surface area contributed by atoms with Gasteiger partial charge in [0, 0.05) is 18.6 Å². The highest BCUT2D eigenvalue weighted by molar-refractivity contribution is 4.88. The Kier molecular flexibility index (Phi) is 3.69. The van der Waals surface area contributed by atoms with Crippen LogP contribution in [0.25, 0.3) is 0 Å². The average Bonchev–Trinajstić information content (AvgIpc) is 2.87. The molecule has 0 amide bonds. The molecule has 0 aromatic heterocycles. The molecule has 2 heterocycles. The first-order chi connectivity index (χ1) is 8.33. The molecule has 3 heteroatoms. The van der Waals surface area contributed by atoms with Gasteiger partial charge in [-0.05, 0) is 70.6 Å². The van der Waals surface area contributed by atoms with Crippen LogP contribution in [0.2, 0.25) is 0 Å². The van der Waals surface area contributed by atoms with Crippen molar-refractivity contribution in [2.24, 2.45) is 11.7 Å². The molecule has 2 N–H and O–H groups in total. The van der Waals surface area contributed by atoms with Crippen molar-refractivity contribution in [3.8, 4) is 0 Å². The lowest BCUT2D eigenvalue weighted by Crippen LogP contribution is -2.36. The fraction of sp³-hybridized carbons (Fsp3) is 1.00. The van der Waals surface area contributed by atoms with Crippen molar-refractivity contribution in [1.82, 2.24) is 9.80 Å². The molecule has 1 aliphatic carbocycles. The van der Waals surface area contributed by atoms with Crippen LogP contribution in [0.1, 0.15) is 38.5 Å². The molecule has 2 unspecified atom stereocenters. The molecule has 2 atom stereocenters. The highest BCUT2D eigenvalue weighted by Gasteiger charge is 2.31. The van der Waals surface area contributed by atoms with Crippen molar-refractivity contribution in [3.05, 3.63) is 0 Å². The van der Waals surface area contributed by atoms with Crippen molar-refractivity contribution in [1.29, 1.82) is 0 Å². The molecule has 3 fully saturated rings. The third kappa shape index (κ3) is 3.01. The first-order valence-corrected chi connectivity index (χ1v) is 7.55. The molecule has 17 heavy (non-hydrogen) atoms. The first-order valence-electron chi connectivity index (χ1n) is 7.55. The van der Waals surface area contributed by atoms with E-state index in [9.17, 15) is 0 Å². The van der Waals surface area contributed by atoms with Crippen molar-refractivity contribution < 1.29 is 0 Å². The minimum Gasteiger partial charge on any atom is -0.327 e. The quantitative estimate of drug-likeness (QED) is 0.782. The third-order valence-corrected chi connectivity index (χ3v) is 4.91. The minimum absolute atomic E-state index is 0.487. The molecular formula is C14H27N3. The van der Waals surface area contributed by atoms with Gasteiger partial charge >= 0.3 is 0 Å². The third-order valence-electron chi connectivity index (χ3n) is 4.91. The van der Waals surface area contributed by atoms with Gasteiger partial charge in [-0.3, -0.25) is 4.90 Å². The summed E-state index contributed by atoms with van der Waals surface area (Å²) in [6.45, 7) is 6.54. The Balaban J connectivity index is 1.37. The summed E-state index contributed by atoms with van der Waals surface area (Å²) < 4.78 is 0. The number of nitrogens with zero attached hydrogens (tertiary/aromatic N) is 2. The van der Waals surface area contributed by atoms with Gasteiger partial charge in [0.2, 0.25) is 0 Å². The van der Waals surface area contributed by atoms with Gasteiger partial charge < -0.3 is 10.6 Å². The Bertz CT molecular complexity index is 246. The predicted octanol–water partition coefficient (Wildman–Crippen LogP) is 1.28. The van der Waals surface area contributed by atoms with E-state index in [1.54, 1.807) is 0 Å². The lowest BCUT2D eigenvalue weighted by Gasteiger charge is -2.24. The van der Waals surface area contributed by atoms with E-state index in [0.29, 0.717) is 6.04 Å². The van der Waals surface area contributed by atoms with Gasteiger partial charge in [0.05, 0.1) is 0 Å². The van der Waals surface area contributed by atoms with E-state index in [-0.39, 0.29) is 0 Å². The number of hydrogen-bond donors (Lipinski definition) is 1. The fourth-order valence-electron chi connectivity index (χ4n) is 3.51. The van der Waals surface area contributed by atoms with Crippen LogP contribution >= 0.6 is 0 Å². The van der Waals surface area contributed by atoms with Gasteiger partial charge in [-0.2, -0.15) is 0 Å². The van der Waals surface area contributed by atoms with E-state index in [1.165, 1.54) is 71.2 Å². The smallest absolute Gasteiger partial charge is 0.0235 e. The van der Waals surface area contributed by atoms with Crippen LogP contribution < -0.4 is 5.73 Å². The van der Waals surface area contributed by atoms with Crippen LogP contribution in [-0.2, 0) is 0 Å². The molecule has 1 saturated carbocycles. The minimum atomic E-state index is 0.487. The number of rotatable bonds is 5. The standard InChI is InChI=1S/C14H27N3/c15-14(12-3-4-12)6-10-16-9-5-13(11-16)17-7-1-2-8-17/h12-14H,1-11,15H2. The van der Waals surface area contributed by atoms with Crippen molar-refractivity contribution in [2.45, 2.75) is 50.6 Å². The molecule has 0 aromatic rings. The average molecular weight is 237 g/mol. The summed E-state index contributed by atoms with van der Waals surface area (Å²) in [4.78, 5) is 5.35. The zero-order chi connectivity index (χ0) is 11.7. The predicted molar refractivity (Wildman–Crippen MR) is 71.0 cm³/mol. The van der Waals surface area contributed by atoms with E-state index >= 15 is 0 Å². The van der Waals surface area contributed by atoms with E-state index in [1.807, 2.05) is 0 Å². The Morgan fingerprint density at radius 2 is 1.82 bits per heavy atom. The van der Waals surface area contributed by atoms with Crippen LogP contribution in [0, 0.1) is 5.92 Å². The first kappa shape index (κ1) is 11.9. The van der Waals surface area contributed by atoms with Crippen LogP contribution in [0.3, 0.4) is 0 Å². The summed E-state index contributed by atoms with van der Waals surface area (Å²) in [7, 11) is 0. The van der Waals surface area contributed by atoms with Crippen LogP contribution in [0.5, 0.6) is 0 Å². The van der Waals surface area contributed by atoms with Crippen molar-refractivity contribution in [3.63, 3.8) is 0 Å². The Labute approximate surface area is 105 Å². The van der Waals surface area contributed by atoms with Crippen molar-refractivity contribution in [2.75, 3.05) is 32.7 Å². The molecule has 0 aromatic carbocycles. The maximum Gasteiger partial charge on any atom is 0.0235 e. The lowest BCUT2D eigenvalue weighted by molar-refractivity contribution is 0.229. The van der Waals surface area contributed by atoms with Crippen LogP contribution in [-0.4, -0.2) is 54.6 Å². The maximum atomic E-state index is 6.18. The Morgan fingerprint density at radius 3 is 2.53 bits per heavy atom. The Morgan fingerprint density at radius 1 is 1.06 bits per heavy atom. The molecule has 3 rings (SSSR count). The summed E-state index contributed by atoms with van der Waals surface area (Å²) in [5, 5.41) is 0. The summed E-state index contributed by atoms with van der Waals surface area (Å²) >= 11 is 0. The van der Waals surface area contributed by atoms with E-state index in [0.717, 1.165) is 12.0 Å². The van der Waals surface area contributed by atoms with Gasteiger partial charge in [-0.25, -0.2) is 0 Å². The summed E-state index contributed by atoms with van der Waals surface area (Å²) in [5.74, 6) is 0.868. The molecule has 3 nitrogen and oxygen atoms in total. The maximum absolute atomic E-state index is 6.18. The lowest BCUT2D eigenvalue weighted by atomic mass is 10.1. The largest absolute Gasteiger partial charge is 0.327 e. The molecule has 98 valence electrons.